The smallest absolute Gasteiger partial charge is 0.233 e. The van der Waals surface area contributed by atoms with Crippen molar-refractivity contribution < 1.29 is 9.53 Å². The van der Waals surface area contributed by atoms with Gasteiger partial charge in [0.05, 0.1) is 12.4 Å². The van der Waals surface area contributed by atoms with Crippen molar-refractivity contribution in [1.29, 1.82) is 0 Å². The maximum Gasteiger partial charge on any atom is 0.233 e. The molecule has 0 saturated heterocycles. The summed E-state index contributed by atoms with van der Waals surface area (Å²) >= 11 is 1.56. The zero-order valence-corrected chi connectivity index (χ0v) is 12.2. The van der Waals surface area contributed by atoms with E-state index < -0.39 is 0 Å². The van der Waals surface area contributed by atoms with Gasteiger partial charge in [-0.15, -0.1) is 11.8 Å². The topological polar surface area (TPSA) is 38.3 Å². The van der Waals surface area contributed by atoms with Gasteiger partial charge in [0, 0.05) is 10.9 Å². The van der Waals surface area contributed by atoms with Crippen LogP contribution in [0.15, 0.2) is 29.2 Å². The minimum absolute atomic E-state index is 0.0881. The molecule has 0 aliphatic carbocycles. The molecule has 0 heterocycles. The van der Waals surface area contributed by atoms with Crippen molar-refractivity contribution in [2.75, 3.05) is 7.11 Å². The van der Waals surface area contributed by atoms with Gasteiger partial charge in [0.15, 0.2) is 0 Å². The van der Waals surface area contributed by atoms with Gasteiger partial charge in [-0.25, -0.2) is 0 Å². The number of benzene rings is 1. The van der Waals surface area contributed by atoms with Crippen molar-refractivity contribution in [2.24, 2.45) is 0 Å². The number of rotatable bonds is 6. The molecule has 0 aromatic heterocycles. The summed E-state index contributed by atoms with van der Waals surface area (Å²) in [6.07, 6.45) is 0.950. The number of thioether (sulfide) groups is 1. The Morgan fingerprint density at radius 2 is 1.94 bits per heavy atom. The van der Waals surface area contributed by atoms with Crippen LogP contribution in [0.25, 0.3) is 0 Å². The second-order valence-corrected chi connectivity index (χ2v) is 5.67. The van der Waals surface area contributed by atoms with E-state index in [2.05, 4.69) is 12.2 Å². The fourth-order valence-electron chi connectivity index (χ4n) is 1.37. The first-order valence-electron chi connectivity index (χ1n) is 6.18. The molecule has 1 amide bonds. The number of hydrogen-bond acceptors (Lipinski definition) is 3. The van der Waals surface area contributed by atoms with Gasteiger partial charge >= 0.3 is 0 Å². The maximum absolute atomic E-state index is 11.9. The number of carbonyl (C=O) groups excluding carboxylic acids is 1. The lowest BCUT2D eigenvalue weighted by Gasteiger charge is -2.16. The van der Waals surface area contributed by atoms with E-state index in [0.29, 0.717) is 0 Å². The summed E-state index contributed by atoms with van der Waals surface area (Å²) in [5.41, 5.74) is 0. The first kappa shape index (κ1) is 14.9. The first-order chi connectivity index (χ1) is 8.56. The lowest BCUT2D eigenvalue weighted by molar-refractivity contribution is -0.120. The van der Waals surface area contributed by atoms with Crippen molar-refractivity contribution in [3.05, 3.63) is 24.3 Å². The molecule has 100 valence electrons. The average molecular weight is 267 g/mol. The monoisotopic (exact) mass is 267 g/mol. The van der Waals surface area contributed by atoms with E-state index in [1.54, 1.807) is 18.9 Å². The summed E-state index contributed by atoms with van der Waals surface area (Å²) in [5, 5.41) is 2.90. The minimum atomic E-state index is -0.0904. The molecule has 0 unspecified atom stereocenters. The van der Waals surface area contributed by atoms with Crippen molar-refractivity contribution >= 4 is 17.7 Å². The highest BCUT2D eigenvalue weighted by atomic mass is 32.2. The fourth-order valence-corrected chi connectivity index (χ4v) is 2.25. The van der Waals surface area contributed by atoms with Crippen LogP contribution in [0.2, 0.25) is 0 Å². The number of methoxy groups -OCH3 is 1. The number of ether oxygens (including phenoxy) is 1. The third-order valence-corrected chi connectivity index (χ3v) is 3.85. The Balaban J connectivity index is 2.52. The van der Waals surface area contributed by atoms with Gasteiger partial charge < -0.3 is 10.1 Å². The quantitative estimate of drug-likeness (QED) is 0.805. The predicted octanol–water partition coefficient (Wildman–Crippen LogP) is 3.09. The Labute approximate surface area is 113 Å². The zero-order chi connectivity index (χ0) is 13.5. The molecule has 1 aromatic carbocycles. The van der Waals surface area contributed by atoms with E-state index in [1.165, 1.54) is 0 Å². The average Bonchev–Trinajstić information content (AvgIpc) is 2.39. The third kappa shape index (κ3) is 4.61. The summed E-state index contributed by atoms with van der Waals surface area (Å²) in [5.74, 6) is 0.918. The van der Waals surface area contributed by atoms with E-state index in [9.17, 15) is 4.79 Å². The van der Waals surface area contributed by atoms with Crippen molar-refractivity contribution in [2.45, 2.75) is 43.4 Å². The van der Waals surface area contributed by atoms with Gasteiger partial charge in [-0.3, -0.25) is 4.79 Å². The highest BCUT2D eigenvalue weighted by molar-refractivity contribution is 8.00. The Bertz CT molecular complexity index is 378. The van der Waals surface area contributed by atoms with Crippen molar-refractivity contribution in [1.82, 2.24) is 5.32 Å². The standard InChI is InChI=1S/C14H21NO2S/c1-5-10(2)15-14(16)11(3)18-13-8-6-12(17-4)7-9-13/h6-11H,5H2,1-4H3,(H,15,16)/t10-,11+/m1/s1. The molecule has 1 rings (SSSR count). The summed E-state index contributed by atoms with van der Waals surface area (Å²) < 4.78 is 5.10. The van der Waals surface area contributed by atoms with Crippen LogP contribution in [0, 0.1) is 0 Å². The lowest BCUT2D eigenvalue weighted by atomic mass is 10.2. The molecule has 0 radical (unpaired) electrons. The molecule has 2 atom stereocenters. The molecule has 1 aromatic rings. The molecular formula is C14H21NO2S. The van der Waals surface area contributed by atoms with Crippen LogP contribution in [0.1, 0.15) is 27.2 Å². The molecule has 0 aliphatic rings. The molecule has 3 nitrogen and oxygen atoms in total. The van der Waals surface area contributed by atoms with Crippen LogP contribution in [0.5, 0.6) is 5.75 Å². The maximum atomic E-state index is 11.9. The van der Waals surface area contributed by atoms with Gasteiger partial charge in [0.2, 0.25) is 5.91 Å². The first-order valence-corrected chi connectivity index (χ1v) is 7.05. The van der Waals surface area contributed by atoms with Gasteiger partial charge in [-0.2, -0.15) is 0 Å². The van der Waals surface area contributed by atoms with Gasteiger partial charge in [-0.1, -0.05) is 6.92 Å². The number of carbonyl (C=O) groups is 1. The highest BCUT2D eigenvalue weighted by Crippen LogP contribution is 2.25. The third-order valence-electron chi connectivity index (χ3n) is 2.74. The van der Waals surface area contributed by atoms with Gasteiger partial charge in [-0.05, 0) is 44.5 Å². The highest BCUT2D eigenvalue weighted by Gasteiger charge is 2.15. The second kappa shape index (κ2) is 7.31. The van der Waals surface area contributed by atoms with E-state index in [1.807, 2.05) is 38.1 Å². The van der Waals surface area contributed by atoms with Crippen LogP contribution in [0.3, 0.4) is 0 Å². The van der Waals surface area contributed by atoms with Crippen molar-refractivity contribution in [3.63, 3.8) is 0 Å². The molecule has 0 spiro atoms. The molecule has 18 heavy (non-hydrogen) atoms. The van der Waals surface area contributed by atoms with Crippen LogP contribution in [-0.2, 0) is 4.79 Å². The lowest BCUT2D eigenvalue weighted by Crippen LogP contribution is -2.37. The van der Waals surface area contributed by atoms with Gasteiger partial charge in [0.25, 0.3) is 0 Å². The van der Waals surface area contributed by atoms with E-state index in [-0.39, 0.29) is 17.2 Å². The Morgan fingerprint density at radius 3 is 2.44 bits per heavy atom. The molecule has 4 heteroatoms. The predicted molar refractivity (Wildman–Crippen MR) is 76.2 cm³/mol. The number of hydrogen-bond donors (Lipinski definition) is 1. The Kier molecular flexibility index (Phi) is 6.05. The van der Waals surface area contributed by atoms with E-state index in [0.717, 1.165) is 17.1 Å². The normalized spacial score (nSPS) is 13.8. The summed E-state index contributed by atoms with van der Waals surface area (Å²) in [6, 6.07) is 7.98. The van der Waals surface area contributed by atoms with E-state index >= 15 is 0 Å². The molecule has 0 fully saturated rings. The van der Waals surface area contributed by atoms with Gasteiger partial charge in [0.1, 0.15) is 5.75 Å². The van der Waals surface area contributed by atoms with Crippen LogP contribution in [-0.4, -0.2) is 24.3 Å². The van der Waals surface area contributed by atoms with E-state index in [4.69, 9.17) is 4.74 Å². The Morgan fingerprint density at radius 1 is 1.33 bits per heavy atom. The fraction of sp³-hybridized carbons (Fsp3) is 0.500. The summed E-state index contributed by atoms with van der Waals surface area (Å²) in [4.78, 5) is 13.0. The van der Waals surface area contributed by atoms with Crippen molar-refractivity contribution in [3.8, 4) is 5.75 Å². The Hall–Kier alpha value is -1.16. The second-order valence-electron chi connectivity index (χ2n) is 4.25. The van der Waals surface area contributed by atoms with Crippen LogP contribution < -0.4 is 10.1 Å². The minimum Gasteiger partial charge on any atom is -0.497 e. The number of amides is 1. The molecule has 1 N–H and O–H groups in total. The molecule has 0 saturated carbocycles. The summed E-state index contributed by atoms with van der Waals surface area (Å²) in [6.45, 7) is 6.00. The van der Waals surface area contributed by atoms with Crippen LogP contribution >= 0.6 is 11.8 Å². The zero-order valence-electron chi connectivity index (χ0n) is 11.4. The SMILES string of the molecule is CC[C@@H](C)NC(=O)[C@H](C)Sc1ccc(OC)cc1. The molecule has 0 aliphatic heterocycles. The summed E-state index contributed by atoms with van der Waals surface area (Å²) in [7, 11) is 1.64. The molecular weight excluding hydrogens is 246 g/mol. The largest absolute Gasteiger partial charge is 0.497 e. The van der Waals surface area contributed by atoms with Crippen LogP contribution in [0.4, 0.5) is 0 Å². The molecule has 0 bridgehead atoms. The number of nitrogens with one attached hydrogen (secondary N) is 1.